The van der Waals surface area contributed by atoms with Crippen molar-refractivity contribution in [2.24, 2.45) is 0 Å². The summed E-state index contributed by atoms with van der Waals surface area (Å²) in [6.45, 7) is 5.80. The number of phenolic OH excluding ortho intramolecular Hbond substituents is 1. The van der Waals surface area contributed by atoms with Crippen LogP contribution in [0.5, 0.6) is 5.75 Å². The van der Waals surface area contributed by atoms with Gasteiger partial charge in [0.05, 0.1) is 0 Å². The maximum Gasteiger partial charge on any atom is 0.117 e. The zero-order chi connectivity index (χ0) is 14.7. The molecule has 21 heavy (non-hydrogen) atoms. The number of nitrogens with zero attached hydrogens (tertiary/aromatic N) is 2. The van der Waals surface area contributed by atoms with E-state index < -0.39 is 0 Å². The summed E-state index contributed by atoms with van der Waals surface area (Å²) in [6, 6.07) is 6.09. The zero-order valence-corrected chi connectivity index (χ0v) is 13.4. The molecule has 116 valence electrons. The van der Waals surface area contributed by atoms with Crippen LogP contribution in [0.1, 0.15) is 37.7 Å². The molecule has 1 aromatic rings. The van der Waals surface area contributed by atoms with Crippen LogP contribution in [-0.2, 0) is 6.54 Å². The first kappa shape index (κ1) is 15.1. The number of likely N-dealkylation sites (tertiary alicyclic amines) is 2. The second-order valence-electron chi connectivity index (χ2n) is 6.38. The van der Waals surface area contributed by atoms with Crippen LogP contribution in [0.25, 0.3) is 0 Å². The minimum atomic E-state index is 0.243. The fourth-order valence-electron chi connectivity index (χ4n) is 3.63. The van der Waals surface area contributed by atoms with E-state index in [1.807, 2.05) is 6.07 Å². The molecule has 0 amide bonds. The maximum absolute atomic E-state index is 9.42. The Balaban J connectivity index is 1.51. The molecule has 0 aromatic heterocycles. The Morgan fingerprint density at radius 2 is 1.76 bits per heavy atom. The van der Waals surface area contributed by atoms with Gasteiger partial charge in [0, 0.05) is 17.6 Å². The third-order valence-corrected chi connectivity index (χ3v) is 5.25. The molecule has 3 nitrogen and oxygen atoms in total. The molecular formula is C17H25ClN2O. The topological polar surface area (TPSA) is 26.7 Å². The highest BCUT2D eigenvalue weighted by atomic mass is 35.5. The lowest BCUT2D eigenvalue weighted by molar-refractivity contribution is 0.0896. The van der Waals surface area contributed by atoms with E-state index in [9.17, 15) is 5.11 Å². The second-order valence-corrected chi connectivity index (χ2v) is 6.79. The van der Waals surface area contributed by atoms with Gasteiger partial charge in [-0.15, -0.1) is 0 Å². The van der Waals surface area contributed by atoms with Gasteiger partial charge in [0.2, 0.25) is 0 Å². The molecule has 0 unspecified atom stereocenters. The van der Waals surface area contributed by atoms with Gasteiger partial charge >= 0.3 is 0 Å². The molecule has 0 spiro atoms. The molecule has 0 aliphatic carbocycles. The Labute approximate surface area is 132 Å². The summed E-state index contributed by atoms with van der Waals surface area (Å²) >= 11 is 6.20. The van der Waals surface area contributed by atoms with Crippen molar-refractivity contribution in [3.63, 3.8) is 0 Å². The van der Waals surface area contributed by atoms with Crippen molar-refractivity contribution in [2.75, 3.05) is 26.2 Å². The molecule has 1 aromatic carbocycles. The van der Waals surface area contributed by atoms with Crippen LogP contribution >= 0.6 is 11.6 Å². The summed E-state index contributed by atoms with van der Waals surface area (Å²) in [5.41, 5.74) is 1.12. The van der Waals surface area contributed by atoms with Gasteiger partial charge in [-0.3, -0.25) is 4.90 Å². The van der Waals surface area contributed by atoms with Crippen LogP contribution in [0.3, 0.4) is 0 Å². The molecule has 0 saturated carbocycles. The van der Waals surface area contributed by atoms with Gasteiger partial charge < -0.3 is 10.0 Å². The first-order valence-corrected chi connectivity index (χ1v) is 8.54. The van der Waals surface area contributed by atoms with E-state index >= 15 is 0 Å². The number of benzene rings is 1. The Morgan fingerprint density at radius 1 is 1.05 bits per heavy atom. The van der Waals surface area contributed by atoms with Crippen LogP contribution in [-0.4, -0.2) is 47.1 Å². The van der Waals surface area contributed by atoms with Gasteiger partial charge in [-0.25, -0.2) is 0 Å². The van der Waals surface area contributed by atoms with E-state index in [-0.39, 0.29) is 5.75 Å². The number of hydrogen-bond donors (Lipinski definition) is 1. The van der Waals surface area contributed by atoms with E-state index in [2.05, 4.69) is 9.80 Å². The fourth-order valence-corrected chi connectivity index (χ4v) is 3.87. The molecule has 2 fully saturated rings. The Bertz CT molecular complexity index is 466. The van der Waals surface area contributed by atoms with Crippen molar-refractivity contribution in [3.05, 3.63) is 28.8 Å². The number of halogens is 1. The number of hydrogen-bond acceptors (Lipinski definition) is 3. The molecule has 2 heterocycles. The molecule has 3 rings (SSSR count). The molecule has 2 aliphatic rings. The average Bonchev–Trinajstić information content (AvgIpc) is 2.52. The molecular weight excluding hydrogens is 284 g/mol. The van der Waals surface area contributed by atoms with Crippen molar-refractivity contribution < 1.29 is 5.11 Å². The third-order valence-electron chi connectivity index (χ3n) is 4.89. The van der Waals surface area contributed by atoms with Gasteiger partial charge in [-0.2, -0.15) is 0 Å². The number of rotatable bonds is 3. The standard InChI is InChI=1S/C17H25ClN2O/c18-17-12-16(21)5-4-14(17)13-19-10-6-15(7-11-19)20-8-2-1-3-9-20/h4-5,12,15,21H,1-3,6-11,13H2. The summed E-state index contributed by atoms with van der Waals surface area (Å²) in [5, 5.41) is 10.1. The van der Waals surface area contributed by atoms with Crippen molar-refractivity contribution in [2.45, 2.75) is 44.7 Å². The number of aromatic hydroxyl groups is 1. The second kappa shape index (κ2) is 6.99. The van der Waals surface area contributed by atoms with Crippen molar-refractivity contribution in [3.8, 4) is 5.75 Å². The summed E-state index contributed by atoms with van der Waals surface area (Å²) in [4.78, 5) is 5.19. The predicted octanol–water partition coefficient (Wildman–Crippen LogP) is 3.50. The summed E-state index contributed by atoms with van der Waals surface area (Å²) in [7, 11) is 0. The normalized spacial score (nSPS) is 22.5. The Kier molecular flexibility index (Phi) is 5.04. The van der Waals surface area contributed by atoms with Crippen LogP contribution < -0.4 is 0 Å². The maximum atomic E-state index is 9.42. The summed E-state index contributed by atoms with van der Waals surface area (Å²) in [5.74, 6) is 0.243. The predicted molar refractivity (Wildman–Crippen MR) is 86.8 cm³/mol. The quantitative estimate of drug-likeness (QED) is 0.926. The first-order chi connectivity index (χ1) is 10.2. The molecule has 0 radical (unpaired) electrons. The lowest BCUT2D eigenvalue weighted by atomic mass is 9.99. The smallest absolute Gasteiger partial charge is 0.117 e. The van der Waals surface area contributed by atoms with Crippen LogP contribution in [0.4, 0.5) is 0 Å². The highest BCUT2D eigenvalue weighted by Gasteiger charge is 2.25. The molecule has 4 heteroatoms. The van der Waals surface area contributed by atoms with Gasteiger partial charge in [-0.1, -0.05) is 24.1 Å². The van der Waals surface area contributed by atoms with E-state index in [1.165, 1.54) is 45.2 Å². The van der Waals surface area contributed by atoms with Crippen LogP contribution in [0, 0.1) is 0 Å². The van der Waals surface area contributed by atoms with Crippen molar-refractivity contribution in [1.82, 2.24) is 9.80 Å². The van der Waals surface area contributed by atoms with Crippen LogP contribution in [0.15, 0.2) is 18.2 Å². The molecule has 1 N–H and O–H groups in total. The van der Waals surface area contributed by atoms with E-state index in [4.69, 9.17) is 11.6 Å². The van der Waals surface area contributed by atoms with E-state index in [1.54, 1.807) is 12.1 Å². The lowest BCUT2D eigenvalue weighted by Gasteiger charge is -2.40. The number of phenols is 1. The molecule has 0 atom stereocenters. The first-order valence-electron chi connectivity index (χ1n) is 8.16. The van der Waals surface area contributed by atoms with Gasteiger partial charge in [-0.05, 0) is 69.6 Å². The monoisotopic (exact) mass is 308 g/mol. The largest absolute Gasteiger partial charge is 0.508 e. The number of piperidine rings is 2. The van der Waals surface area contributed by atoms with Gasteiger partial charge in [0.25, 0.3) is 0 Å². The molecule has 0 bridgehead atoms. The lowest BCUT2D eigenvalue weighted by Crippen LogP contribution is -2.46. The average molecular weight is 309 g/mol. The van der Waals surface area contributed by atoms with E-state index in [0.717, 1.165) is 31.2 Å². The van der Waals surface area contributed by atoms with Crippen molar-refractivity contribution >= 4 is 11.6 Å². The van der Waals surface area contributed by atoms with Crippen molar-refractivity contribution in [1.29, 1.82) is 0 Å². The SMILES string of the molecule is Oc1ccc(CN2CCC(N3CCCCC3)CC2)c(Cl)c1. The summed E-state index contributed by atoms with van der Waals surface area (Å²) < 4.78 is 0. The van der Waals surface area contributed by atoms with Gasteiger partial charge in [0.15, 0.2) is 0 Å². The zero-order valence-electron chi connectivity index (χ0n) is 12.6. The Morgan fingerprint density at radius 3 is 2.43 bits per heavy atom. The Hall–Kier alpha value is -0.770. The highest BCUT2D eigenvalue weighted by molar-refractivity contribution is 6.31. The summed E-state index contributed by atoms with van der Waals surface area (Å²) in [6.07, 6.45) is 6.72. The third kappa shape index (κ3) is 3.91. The molecule has 2 aliphatic heterocycles. The molecule has 2 saturated heterocycles. The minimum Gasteiger partial charge on any atom is -0.508 e. The highest BCUT2D eigenvalue weighted by Crippen LogP contribution is 2.25. The van der Waals surface area contributed by atoms with Crippen LogP contribution in [0.2, 0.25) is 5.02 Å². The van der Waals surface area contributed by atoms with Gasteiger partial charge in [0.1, 0.15) is 5.75 Å². The minimum absolute atomic E-state index is 0.243. The fraction of sp³-hybridized carbons (Fsp3) is 0.647. The van der Waals surface area contributed by atoms with E-state index in [0.29, 0.717) is 5.02 Å².